The average Bonchev–Trinajstić information content (AvgIpc) is 2.42. The fraction of sp³-hybridized carbons (Fsp3) is 1.00. The lowest BCUT2D eigenvalue weighted by atomic mass is 9.85. The van der Waals surface area contributed by atoms with Crippen LogP contribution in [0.3, 0.4) is 0 Å². The van der Waals surface area contributed by atoms with E-state index in [9.17, 15) is 5.11 Å². The third kappa shape index (κ3) is 6.14. The zero-order valence-corrected chi connectivity index (χ0v) is 11.9. The fourth-order valence-corrected chi connectivity index (χ4v) is 2.67. The molecule has 0 radical (unpaired) electrons. The molecule has 0 amide bonds. The number of rotatable bonds is 9. The van der Waals surface area contributed by atoms with Crippen LogP contribution in [0.25, 0.3) is 0 Å². The maximum atomic E-state index is 10.3. The first kappa shape index (κ1) is 15.9. The van der Waals surface area contributed by atoms with Gasteiger partial charge in [-0.15, -0.1) is 0 Å². The number of aliphatic hydroxyl groups is 1. The fourth-order valence-electron chi connectivity index (χ4n) is 2.67. The molecule has 1 N–H and O–H groups in total. The second kappa shape index (κ2) is 9.73. The number of aliphatic hydroxyl groups excluding tert-OH is 1. The maximum absolute atomic E-state index is 10.3. The first-order valence-electron chi connectivity index (χ1n) is 7.16. The molecule has 0 bridgehead atoms. The predicted molar refractivity (Wildman–Crippen MR) is 72.8 cm³/mol. The normalized spacial score (nSPS) is 19.3. The van der Waals surface area contributed by atoms with Crippen molar-refractivity contribution in [3.05, 3.63) is 0 Å². The third-order valence-corrected chi connectivity index (χ3v) is 3.86. The summed E-state index contributed by atoms with van der Waals surface area (Å²) in [5, 5.41) is 10.3. The lowest BCUT2D eigenvalue weighted by molar-refractivity contribution is 0.0302. The summed E-state index contributed by atoms with van der Waals surface area (Å²) in [5.41, 5.74) is 0. The first-order chi connectivity index (χ1) is 8.77. The highest BCUT2D eigenvalue weighted by Gasteiger charge is 2.23. The molecule has 108 valence electrons. The molecule has 1 saturated carbocycles. The quantitative estimate of drug-likeness (QED) is 0.682. The lowest BCUT2D eigenvalue weighted by Gasteiger charge is -2.31. The van der Waals surface area contributed by atoms with Crippen molar-refractivity contribution in [2.24, 2.45) is 5.92 Å². The van der Waals surface area contributed by atoms with E-state index in [1.807, 2.05) is 0 Å². The molecule has 1 fully saturated rings. The van der Waals surface area contributed by atoms with Crippen LogP contribution >= 0.6 is 0 Å². The zero-order valence-electron chi connectivity index (χ0n) is 11.9. The van der Waals surface area contributed by atoms with Crippen molar-refractivity contribution in [1.82, 2.24) is 4.90 Å². The van der Waals surface area contributed by atoms with Crippen LogP contribution in [-0.2, 0) is 9.47 Å². The van der Waals surface area contributed by atoms with Crippen molar-refractivity contribution in [2.75, 3.05) is 47.1 Å². The number of hydrogen-bond donors (Lipinski definition) is 1. The monoisotopic (exact) mass is 259 g/mol. The molecule has 1 aliphatic carbocycles. The molecule has 1 rings (SSSR count). The average molecular weight is 259 g/mol. The number of methoxy groups -OCH3 is 2. The summed E-state index contributed by atoms with van der Waals surface area (Å²) in [4.78, 5) is 2.24. The molecule has 0 aromatic rings. The van der Waals surface area contributed by atoms with Crippen LogP contribution < -0.4 is 0 Å². The van der Waals surface area contributed by atoms with Gasteiger partial charge in [0.2, 0.25) is 0 Å². The van der Waals surface area contributed by atoms with Crippen molar-refractivity contribution in [3.63, 3.8) is 0 Å². The minimum atomic E-state index is -0.195. The van der Waals surface area contributed by atoms with E-state index < -0.39 is 0 Å². The maximum Gasteiger partial charge on any atom is 0.0695 e. The highest BCUT2D eigenvalue weighted by Crippen LogP contribution is 2.26. The second-order valence-electron chi connectivity index (χ2n) is 5.25. The lowest BCUT2D eigenvalue weighted by Crippen LogP contribution is -2.40. The van der Waals surface area contributed by atoms with Crippen LogP contribution in [0.1, 0.15) is 32.1 Å². The Balaban J connectivity index is 2.31. The molecular weight excluding hydrogens is 230 g/mol. The Bertz CT molecular complexity index is 187. The van der Waals surface area contributed by atoms with Gasteiger partial charge in [0.1, 0.15) is 0 Å². The zero-order chi connectivity index (χ0) is 13.2. The summed E-state index contributed by atoms with van der Waals surface area (Å²) in [5.74, 6) is 0.492. The molecule has 0 aromatic carbocycles. The third-order valence-electron chi connectivity index (χ3n) is 3.86. The largest absolute Gasteiger partial charge is 0.392 e. The Labute approximate surface area is 111 Å². The standard InChI is InChI=1S/C14H29NO3/c1-17-10-8-15(9-11-18-2)12-14(16)13-6-4-3-5-7-13/h13-14,16H,3-12H2,1-2H3. The van der Waals surface area contributed by atoms with Gasteiger partial charge in [-0.2, -0.15) is 0 Å². The first-order valence-corrected chi connectivity index (χ1v) is 7.16. The van der Waals surface area contributed by atoms with Gasteiger partial charge < -0.3 is 14.6 Å². The molecule has 1 unspecified atom stereocenters. The molecule has 4 nitrogen and oxygen atoms in total. The van der Waals surface area contributed by atoms with E-state index in [-0.39, 0.29) is 6.10 Å². The van der Waals surface area contributed by atoms with Crippen molar-refractivity contribution in [2.45, 2.75) is 38.2 Å². The molecule has 0 heterocycles. The van der Waals surface area contributed by atoms with Crippen molar-refractivity contribution in [3.8, 4) is 0 Å². The van der Waals surface area contributed by atoms with Gasteiger partial charge >= 0.3 is 0 Å². The number of hydrogen-bond acceptors (Lipinski definition) is 4. The van der Waals surface area contributed by atoms with Gasteiger partial charge in [0.05, 0.1) is 19.3 Å². The van der Waals surface area contributed by atoms with E-state index in [1.54, 1.807) is 14.2 Å². The van der Waals surface area contributed by atoms with E-state index in [0.29, 0.717) is 19.1 Å². The van der Waals surface area contributed by atoms with Crippen LogP contribution in [0.4, 0.5) is 0 Å². The Morgan fingerprint density at radius 3 is 2.11 bits per heavy atom. The Morgan fingerprint density at radius 1 is 1.06 bits per heavy atom. The highest BCUT2D eigenvalue weighted by atomic mass is 16.5. The molecule has 4 heteroatoms. The van der Waals surface area contributed by atoms with E-state index in [2.05, 4.69) is 4.90 Å². The van der Waals surface area contributed by atoms with Crippen LogP contribution in [-0.4, -0.2) is 63.2 Å². The van der Waals surface area contributed by atoms with E-state index in [1.165, 1.54) is 32.1 Å². The van der Waals surface area contributed by atoms with Crippen LogP contribution in [0, 0.1) is 5.92 Å². The molecule has 18 heavy (non-hydrogen) atoms. The summed E-state index contributed by atoms with van der Waals surface area (Å²) < 4.78 is 10.2. The van der Waals surface area contributed by atoms with E-state index in [0.717, 1.165) is 19.6 Å². The topological polar surface area (TPSA) is 41.9 Å². The Hall–Kier alpha value is -0.160. The molecule has 0 saturated heterocycles. The minimum absolute atomic E-state index is 0.195. The van der Waals surface area contributed by atoms with Gasteiger partial charge in [-0.05, 0) is 18.8 Å². The molecule has 1 aliphatic rings. The Kier molecular flexibility index (Phi) is 8.59. The summed E-state index contributed by atoms with van der Waals surface area (Å²) in [6.45, 7) is 3.90. The molecular formula is C14H29NO3. The minimum Gasteiger partial charge on any atom is -0.392 e. The Morgan fingerprint density at radius 2 is 1.61 bits per heavy atom. The van der Waals surface area contributed by atoms with Crippen molar-refractivity contribution in [1.29, 1.82) is 0 Å². The highest BCUT2D eigenvalue weighted by molar-refractivity contribution is 4.76. The van der Waals surface area contributed by atoms with Gasteiger partial charge in [0, 0.05) is 33.9 Å². The molecule has 0 aromatic heterocycles. The van der Waals surface area contributed by atoms with E-state index in [4.69, 9.17) is 9.47 Å². The predicted octanol–water partition coefficient (Wildman–Crippen LogP) is 1.52. The van der Waals surface area contributed by atoms with Gasteiger partial charge in [0.25, 0.3) is 0 Å². The molecule has 0 spiro atoms. The summed E-state index contributed by atoms with van der Waals surface area (Å²) >= 11 is 0. The summed E-state index contributed by atoms with van der Waals surface area (Å²) in [7, 11) is 3.43. The van der Waals surface area contributed by atoms with E-state index >= 15 is 0 Å². The smallest absolute Gasteiger partial charge is 0.0695 e. The SMILES string of the molecule is COCCN(CCOC)CC(O)C1CCCCC1. The summed E-state index contributed by atoms with van der Waals surface area (Å²) in [6, 6.07) is 0. The summed E-state index contributed by atoms with van der Waals surface area (Å²) in [6.07, 6.45) is 6.06. The number of ether oxygens (including phenoxy) is 2. The van der Waals surface area contributed by atoms with Gasteiger partial charge in [-0.3, -0.25) is 4.90 Å². The molecule has 0 aliphatic heterocycles. The van der Waals surface area contributed by atoms with Crippen molar-refractivity contribution >= 4 is 0 Å². The second-order valence-corrected chi connectivity index (χ2v) is 5.25. The van der Waals surface area contributed by atoms with Gasteiger partial charge in [-0.1, -0.05) is 19.3 Å². The van der Waals surface area contributed by atoms with Crippen LogP contribution in [0.2, 0.25) is 0 Å². The van der Waals surface area contributed by atoms with Crippen LogP contribution in [0.5, 0.6) is 0 Å². The van der Waals surface area contributed by atoms with Gasteiger partial charge in [0.15, 0.2) is 0 Å². The van der Waals surface area contributed by atoms with Crippen molar-refractivity contribution < 1.29 is 14.6 Å². The molecule has 1 atom stereocenters. The number of nitrogens with zero attached hydrogens (tertiary/aromatic N) is 1. The van der Waals surface area contributed by atoms with Crippen LogP contribution in [0.15, 0.2) is 0 Å². The van der Waals surface area contributed by atoms with Gasteiger partial charge in [-0.25, -0.2) is 0 Å².